The first-order valence-electron chi connectivity index (χ1n) is 14.6. The van der Waals surface area contributed by atoms with Crippen LogP contribution in [0.15, 0.2) is 157 Å². The van der Waals surface area contributed by atoms with Crippen LogP contribution in [0.5, 0.6) is 0 Å². The SMILES string of the molecule is C=CCc1c2ccccc2c(/C(=C/C)N=C(N)c2ccccc2)c2ccc(-c3ccccc3)cc12.N=C(N)c1ccccc1. The first-order chi connectivity index (χ1) is 21.5. The molecular formula is C40H36N4. The predicted molar refractivity (Wildman–Crippen MR) is 189 cm³/mol. The lowest BCUT2D eigenvalue weighted by Gasteiger charge is -2.18. The molecule has 0 amide bonds. The highest BCUT2D eigenvalue weighted by Crippen LogP contribution is 2.39. The largest absolute Gasteiger partial charge is 0.384 e. The van der Waals surface area contributed by atoms with Crippen LogP contribution >= 0.6 is 0 Å². The Morgan fingerprint density at radius 3 is 1.77 bits per heavy atom. The number of fused-ring (bicyclic) bond motifs is 2. The van der Waals surface area contributed by atoms with Crippen LogP contribution in [0.4, 0.5) is 0 Å². The highest BCUT2D eigenvalue weighted by atomic mass is 14.9. The molecule has 0 unspecified atom stereocenters. The number of nitrogens with two attached hydrogens (primary N) is 2. The van der Waals surface area contributed by atoms with Gasteiger partial charge in [0.2, 0.25) is 0 Å². The molecule has 0 atom stereocenters. The third kappa shape index (κ3) is 6.50. The highest BCUT2D eigenvalue weighted by molar-refractivity contribution is 6.14. The zero-order valence-electron chi connectivity index (χ0n) is 24.9. The van der Waals surface area contributed by atoms with Gasteiger partial charge in [-0.15, -0.1) is 6.58 Å². The van der Waals surface area contributed by atoms with Gasteiger partial charge in [0.15, 0.2) is 0 Å². The second kappa shape index (κ2) is 14.0. The Balaban J connectivity index is 0.000000367. The lowest BCUT2D eigenvalue weighted by Crippen LogP contribution is -2.13. The number of aliphatic imine (C=N–C) groups is 1. The van der Waals surface area contributed by atoms with Gasteiger partial charge in [-0.2, -0.15) is 0 Å². The average molecular weight is 573 g/mol. The van der Waals surface area contributed by atoms with Crippen LogP contribution < -0.4 is 11.5 Å². The van der Waals surface area contributed by atoms with E-state index in [1.807, 2.05) is 79.7 Å². The normalized spacial score (nSPS) is 11.6. The smallest absolute Gasteiger partial charge is 0.131 e. The Kier molecular flexibility index (Phi) is 9.43. The van der Waals surface area contributed by atoms with E-state index in [4.69, 9.17) is 21.9 Å². The molecule has 0 heterocycles. The molecule has 0 spiro atoms. The summed E-state index contributed by atoms with van der Waals surface area (Å²) >= 11 is 0. The molecule has 4 nitrogen and oxygen atoms in total. The first kappa shape index (κ1) is 29.7. The molecule has 216 valence electrons. The summed E-state index contributed by atoms with van der Waals surface area (Å²) in [5.74, 6) is 0.627. The van der Waals surface area contributed by atoms with Gasteiger partial charge < -0.3 is 11.5 Å². The zero-order chi connectivity index (χ0) is 30.9. The zero-order valence-corrected chi connectivity index (χ0v) is 24.9. The van der Waals surface area contributed by atoms with Crippen molar-refractivity contribution in [2.24, 2.45) is 16.5 Å². The molecule has 0 aliphatic rings. The van der Waals surface area contributed by atoms with E-state index in [-0.39, 0.29) is 5.84 Å². The Bertz CT molecular complexity index is 1970. The first-order valence-corrected chi connectivity index (χ1v) is 14.6. The van der Waals surface area contributed by atoms with Crippen molar-refractivity contribution in [3.8, 4) is 11.1 Å². The third-order valence-electron chi connectivity index (χ3n) is 7.52. The van der Waals surface area contributed by atoms with Gasteiger partial charge in [-0.3, -0.25) is 5.41 Å². The van der Waals surface area contributed by atoms with E-state index in [0.717, 1.165) is 34.2 Å². The van der Waals surface area contributed by atoms with Gasteiger partial charge in [-0.25, -0.2) is 4.99 Å². The fourth-order valence-electron chi connectivity index (χ4n) is 5.40. The monoisotopic (exact) mass is 572 g/mol. The van der Waals surface area contributed by atoms with Crippen molar-refractivity contribution in [3.63, 3.8) is 0 Å². The van der Waals surface area contributed by atoms with E-state index in [2.05, 4.69) is 79.4 Å². The number of benzene rings is 6. The Labute approximate surface area is 259 Å². The van der Waals surface area contributed by atoms with Crippen molar-refractivity contribution in [2.45, 2.75) is 13.3 Å². The number of nitrogens with zero attached hydrogens (tertiary/aromatic N) is 1. The topological polar surface area (TPSA) is 88.2 Å². The number of allylic oxidation sites excluding steroid dienone is 2. The number of rotatable bonds is 7. The maximum absolute atomic E-state index is 7.01. The molecule has 0 aromatic heterocycles. The van der Waals surface area contributed by atoms with Crippen LogP contribution in [0, 0.1) is 5.41 Å². The van der Waals surface area contributed by atoms with E-state index >= 15 is 0 Å². The van der Waals surface area contributed by atoms with Gasteiger partial charge >= 0.3 is 0 Å². The maximum Gasteiger partial charge on any atom is 0.131 e. The second-order valence-corrected chi connectivity index (χ2v) is 10.3. The fraction of sp³-hybridized carbons (Fsp3) is 0.0500. The predicted octanol–water partition coefficient (Wildman–Crippen LogP) is 9.13. The summed E-state index contributed by atoms with van der Waals surface area (Å²) in [7, 11) is 0. The lowest BCUT2D eigenvalue weighted by atomic mass is 9.87. The van der Waals surface area contributed by atoms with Crippen molar-refractivity contribution >= 4 is 38.9 Å². The lowest BCUT2D eigenvalue weighted by molar-refractivity contribution is 1.33. The molecule has 0 radical (unpaired) electrons. The minimum atomic E-state index is 0.121. The van der Waals surface area contributed by atoms with Crippen LogP contribution in [-0.4, -0.2) is 11.7 Å². The molecule has 0 aliphatic carbocycles. The molecule has 4 heteroatoms. The Hall–Kier alpha value is -5.74. The molecule has 6 aromatic carbocycles. The maximum atomic E-state index is 7.01. The van der Waals surface area contributed by atoms with Gasteiger partial charge in [-0.1, -0.05) is 140 Å². The van der Waals surface area contributed by atoms with Gasteiger partial charge in [0.1, 0.15) is 11.7 Å². The van der Waals surface area contributed by atoms with E-state index in [9.17, 15) is 0 Å². The molecule has 0 saturated carbocycles. The number of nitrogens with one attached hydrogen (secondary N) is 1. The van der Waals surface area contributed by atoms with Crippen LogP contribution in [0.3, 0.4) is 0 Å². The van der Waals surface area contributed by atoms with Crippen LogP contribution in [0.25, 0.3) is 38.4 Å². The van der Waals surface area contributed by atoms with Crippen molar-refractivity contribution in [2.75, 3.05) is 0 Å². The third-order valence-corrected chi connectivity index (χ3v) is 7.52. The summed E-state index contributed by atoms with van der Waals surface area (Å²) in [5.41, 5.74) is 19.0. The van der Waals surface area contributed by atoms with Crippen molar-refractivity contribution in [3.05, 3.63) is 174 Å². The van der Waals surface area contributed by atoms with Crippen LogP contribution in [0.2, 0.25) is 0 Å². The summed E-state index contributed by atoms with van der Waals surface area (Å²) in [4.78, 5) is 4.93. The number of amidine groups is 2. The van der Waals surface area contributed by atoms with Crippen LogP contribution in [0.1, 0.15) is 29.2 Å². The fourth-order valence-corrected chi connectivity index (χ4v) is 5.40. The minimum absolute atomic E-state index is 0.121. The van der Waals surface area contributed by atoms with Crippen molar-refractivity contribution in [1.82, 2.24) is 0 Å². The van der Waals surface area contributed by atoms with Crippen molar-refractivity contribution in [1.29, 1.82) is 5.41 Å². The summed E-state index contributed by atoms with van der Waals surface area (Å²) in [6.45, 7) is 6.07. The number of hydrogen-bond acceptors (Lipinski definition) is 2. The van der Waals surface area contributed by atoms with Crippen molar-refractivity contribution < 1.29 is 0 Å². The number of nitrogen functional groups attached to an aromatic ring is 1. The molecule has 6 aromatic rings. The quantitative estimate of drug-likeness (QED) is 0.0771. The molecule has 0 aliphatic heterocycles. The average Bonchev–Trinajstić information content (AvgIpc) is 3.08. The molecule has 44 heavy (non-hydrogen) atoms. The van der Waals surface area contributed by atoms with Gasteiger partial charge in [0.05, 0.1) is 5.70 Å². The van der Waals surface area contributed by atoms with Crippen LogP contribution in [-0.2, 0) is 6.42 Å². The Morgan fingerprint density at radius 1 is 0.659 bits per heavy atom. The minimum Gasteiger partial charge on any atom is -0.384 e. The molecular weight excluding hydrogens is 536 g/mol. The highest BCUT2D eigenvalue weighted by Gasteiger charge is 2.17. The van der Waals surface area contributed by atoms with E-state index in [1.165, 1.54) is 32.8 Å². The Morgan fingerprint density at radius 2 is 1.20 bits per heavy atom. The van der Waals surface area contributed by atoms with E-state index in [0.29, 0.717) is 5.84 Å². The summed E-state index contributed by atoms with van der Waals surface area (Å²) in [6.07, 6.45) is 4.82. The van der Waals surface area contributed by atoms with E-state index < -0.39 is 0 Å². The number of hydrogen-bond donors (Lipinski definition) is 3. The summed E-state index contributed by atoms with van der Waals surface area (Å²) in [6, 6.07) is 44.9. The molecule has 5 N–H and O–H groups in total. The second-order valence-electron chi connectivity index (χ2n) is 10.3. The molecule has 0 saturated heterocycles. The van der Waals surface area contributed by atoms with Gasteiger partial charge in [0, 0.05) is 16.7 Å². The molecule has 0 bridgehead atoms. The molecule has 0 fully saturated rings. The van der Waals surface area contributed by atoms with E-state index in [1.54, 1.807) is 0 Å². The summed E-state index contributed by atoms with van der Waals surface area (Å²) in [5, 5.41) is 11.8. The van der Waals surface area contributed by atoms with Gasteiger partial charge in [-0.05, 0) is 57.6 Å². The molecule has 6 rings (SSSR count). The standard InChI is InChI=1S/C33H28N2.C7H8N2/c1-3-13-26-27-18-11-12-19-28(27)32(31(4-2)35-33(34)24-16-9-6-10-17-24)29-21-20-25(22-30(26)29)23-14-7-5-8-15-23;8-7(9)6-4-2-1-3-5-6/h3-12,14-22H,1,13H2,2H3,(H2,34,35);1-5H,(H3,8,9)/b31-4-;. The summed E-state index contributed by atoms with van der Waals surface area (Å²) < 4.78 is 0. The van der Waals surface area contributed by atoms with Gasteiger partial charge in [0.25, 0.3) is 0 Å².